The fourth-order valence-corrected chi connectivity index (χ4v) is 4.83. The second-order valence-corrected chi connectivity index (χ2v) is 10.2. The maximum atomic E-state index is 13.0. The molecular weight excluding hydrogens is 501 g/mol. The molecule has 0 bridgehead atoms. The van der Waals surface area contributed by atoms with E-state index in [2.05, 4.69) is 20.8 Å². The van der Waals surface area contributed by atoms with Gasteiger partial charge in [0.05, 0.1) is 22.5 Å². The standard InChI is InChI=1S/C26H25Cl2N5OS/c1-16-8-7-9-17(2)24(16)30-25(34)18(3)35-26-32-31-23(33(26)20-10-5-4-6-11-20)15-29-22-14-19(27)12-13-21(22)28/h4-14,18,29H,15H2,1-3H3,(H,30,34)/t18-/m1/s1. The average Bonchev–Trinajstić information content (AvgIpc) is 3.24. The minimum absolute atomic E-state index is 0.0969. The molecule has 180 valence electrons. The van der Waals surface area contributed by atoms with Crippen LogP contribution in [0, 0.1) is 13.8 Å². The van der Waals surface area contributed by atoms with Gasteiger partial charge >= 0.3 is 0 Å². The highest BCUT2D eigenvalue weighted by atomic mass is 35.5. The van der Waals surface area contributed by atoms with Crippen molar-refractivity contribution in [3.8, 4) is 5.69 Å². The van der Waals surface area contributed by atoms with E-state index in [1.54, 1.807) is 18.2 Å². The number of aryl methyl sites for hydroxylation is 2. The molecule has 0 saturated carbocycles. The summed E-state index contributed by atoms with van der Waals surface area (Å²) in [4.78, 5) is 13.0. The van der Waals surface area contributed by atoms with Crippen LogP contribution in [-0.2, 0) is 11.3 Å². The summed E-state index contributed by atoms with van der Waals surface area (Å²) >= 11 is 13.8. The van der Waals surface area contributed by atoms with Gasteiger partial charge in [-0.05, 0) is 62.2 Å². The van der Waals surface area contributed by atoms with Gasteiger partial charge in [-0.25, -0.2) is 0 Å². The molecule has 0 aliphatic heterocycles. The molecule has 1 aromatic heterocycles. The van der Waals surface area contributed by atoms with Crippen molar-refractivity contribution in [2.75, 3.05) is 10.6 Å². The van der Waals surface area contributed by atoms with E-state index in [4.69, 9.17) is 23.2 Å². The number of amides is 1. The first-order chi connectivity index (χ1) is 16.8. The van der Waals surface area contributed by atoms with Gasteiger partial charge in [0.1, 0.15) is 0 Å². The minimum atomic E-state index is -0.399. The molecule has 0 spiro atoms. The molecule has 1 amide bonds. The Morgan fingerprint density at radius 2 is 1.71 bits per heavy atom. The maximum Gasteiger partial charge on any atom is 0.237 e. The molecule has 0 radical (unpaired) electrons. The molecular formula is C26H25Cl2N5OS. The summed E-state index contributed by atoms with van der Waals surface area (Å²) in [6.07, 6.45) is 0. The minimum Gasteiger partial charge on any atom is -0.376 e. The number of carbonyl (C=O) groups excluding carboxylic acids is 1. The number of benzene rings is 3. The zero-order valence-electron chi connectivity index (χ0n) is 19.5. The monoisotopic (exact) mass is 525 g/mol. The molecule has 3 aromatic carbocycles. The Balaban J connectivity index is 1.57. The number of rotatable bonds is 8. The molecule has 1 heterocycles. The lowest BCUT2D eigenvalue weighted by Gasteiger charge is -2.16. The number of anilines is 2. The van der Waals surface area contributed by atoms with E-state index in [1.807, 2.05) is 73.9 Å². The molecule has 6 nitrogen and oxygen atoms in total. The maximum absolute atomic E-state index is 13.0. The van der Waals surface area contributed by atoms with E-state index in [0.717, 1.165) is 22.5 Å². The van der Waals surface area contributed by atoms with Crippen molar-refractivity contribution in [1.82, 2.24) is 14.8 Å². The lowest BCUT2D eigenvalue weighted by atomic mass is 10.1. The molecule has 0 fully saturated rings. The van der Waals surface area contributed by atoms with Crippen LogP contribution < -0.4 is 10.6 Å². The number of carbonyl (C=O) groups is 1. The third-order valence-corrected chi connectivity index (χ3v) is 7.07. The number of nitrogens with zero attached hydrogens (tertiary/aromatic N) is 3. The number of thioether (sulfide) groups is 1. The number of hydrogen-bond acceptors (Lipinski definition) is 5. The van der Waals surface area contributed by atoms with Crippen LogP contribution in [0.3, 0.4) is 0 Å². The molecule has 4 aromatic rings. The predicted molar refractivity (Wildman–Crippen MR) is 145 cm³/mol. The number of nitrogens with one attached hydrogen (secondary N) is 2. The van der Waals surface area contributed by atoms with Gasteiger partial charge < -0.3 is 10.6 Å². The smallest absolute Gasteiger partial charge is 0.237 e. The van der Waals surface area contributed by atoms with Crippen molar-refractivity contribution in [1.29, 1.82) is 0 Å². The van der Waals surface area contributed by atoms with Gasteiger partial charge in [-0.2, -0.15) is 0 Å². The number of para-hydroxylation sites is 2. The first-order valence-electron chi connectivity index (χ1n) is 11.1. The lowest BCUT2D eigenvalue weighted by Crippen LogP contribution is -2.24. The summed E-state index contributed by atoms with van der Waals surface area (Å²) in [5.41, 5.74) is 4.50. The van der Waals surface area contributed by atoms with Crippen LogP contribution in [0.1, 0.15) is 23.9 Å². The van der Waals surface area contributed by atoms with Crippen LogP contribution in [-0.4, -0.2) is 25.9 Å². The quantitative estimate of drug-likeness (QED) is 0.244. The summed E-state index contributed by atoms with van der Waals surface area (Å²) in [7, 11) is 0. The molecule has 0 saturated heterocycles. The van der Waals surface area contributed by atoms with Crippen molar-refractivity contribution in [2.45, 2.75) is 37.7 Å². The Morgan fingerprint density at radius 3 is 2.43 bits per heavy atom. The molecule has 9 heteroatoms. The molecule has 4 rings (SSSR count). The molecule has 1 atom stereocenters. The lowest BCUT2D eigenvalue weighted by molar-refractivity contribution is -0.115. The van der Waals surface area contributed by atoms with E-state index < -0.39 is 5.25 Å². The largest absolute Gasteiger partial charge is 0.376 e. The Kier molecular flexibility index (Phi) is 8.00. The van der Waals surface area contributed by atoms with E-state index >= 15 is 0 Å². The van der Waals surface area contributed by atoms with Crippen LogP contribution in [0.2, 0.25) is 10.0 Å². The summed E-state index contributed by atoms with van der Waals surface area (Å²) < 4.78 is 1.94. The Morgan fingerprint density at radius 1 is 1.00 bits per heavy atom. The molecule has 0 aliphatic rings. The van der Waals surface area contributed by atoms with Crippen molar-refractivity contribution >= 4 is 52.2 Å². The van der Waals surface area contributed by atoms with Gasteiger partial charge in [0.25, 0.3) is 0 Å². The molecule has 0 aliphatic carbocycles. The van der Waals surface area contributed by atoms with Gasteiger partial charge in [-0.15, -0.1) is 10.2 Å². The van der Waals surface area contributed by atoms with Crippen molar-refractivity contribution in [3.05, 3.63) is 93.7 Å². The average molecular weight is 526 g/mol. The van der Waals surface area contributed by atoms with Crippen molar-refractivity contribution in [2.24, 2.45) is 0 Å². The summed E-state index contributed by atoms with van der Waals surface area (Å²) in [5.74, 6) is 0.581. The number of hydrogen-bond donors (Lipinski definition) is 2. The number of aromatic nitrogens is 3. The zero-order chi connectivity index (χ0) is 24.9. The van der Waals surface area contributed by atoms with Crippen LogP contribution in [0.15, 0.2) is 71.9 Å². The van der Waals surface area contributed by atoms with Gasteiger partial charge in [0.15, 0.2) is 11.0 Å². The zero-order valence-corrected chi connectivity index (χ0v) is 21.9. The van der Waals surface area contributed by atoms with E-state index in [1.165, 1.54) is 11.8 Å². The second kappa shape index (κ2) is 11.2. The van der Waals surface area contributed by atoms with E-state index in [0.29, 0.717) is 33.3 Å². The highest BCUT2D eigenvalue weighted by molar-refractivity contribution is 8.00. The molecule has 2 N–H and O–H groups in total. The Bertz CT molecular complexity index is 1320. The summed E-state index contributed by atoms with van der Waals surface area (Å²) in [5, 5.41) is 16.5. The fourth-order valence-electron chi connectivity index (χ4n) is 3.58. The van der Waals surface area contributed by atoms with Crippen LogP contribution in [0.25, 0.3) is 5.69 Å². The van der Waals surface area contributed by atoms with Crippen molar-refractivity contribution in [3.63, 3.8) is 0 Å². The fraction of sp³-hybridized carbons (Fsp3) is 0.192. The molecule has 35 heavy (non-hydrogen) atoms. The highest BCUT2D eigenvalue weighted by Crippen LogP contribution is 2.29. The van der Waals surface area contributed by atoms with Gasteiger partial charge in [-0.1, -0.05) is 71.4 Å². The third kappa shape index (κ3) is 5.99. The van der Waals surface area contributed by atoms with E-state index in [9.17, 15) is 4.79 Å². The van der Waals surface area contributed by atoms with Gasteiger partial charge in [-0.3, -0.25) is 9.36 Å². The van der Waals surface area contributed by atoms with Crippen LogP contribution in [0.4, 0.5) is 11.4 Å². The SMILES string of the molecule is Cc1cccc(C)c1NC(=O)[C@@H](C)Sc1nnc(CNc2cc(Cl)ccc2Cl)n1-c1ccccc1. The third-order valence-electron chi connectivity index (χ3n) is 5.46. The van der Waals surface area contributed by atoms with Crippen molar-refractivity contribution < 1.29 is 4.79 Å². The predicted octanol–water partition coefficient (Wildman–Crippen LogP) is 6.92. The first-order valence-corrected chi connectivity index (χ1v) is 12.7. The summed E-state index contributed by atoms with van der Waals surface area (Å²) in [6.45, 7) is 6.20. The Hall–Kier alpha value is -3.00. The Labute approximate surface area is 219 Å². The summed E-state index contributed by atoms with van der Waals surface area (Å²) in [6, 6.07) is 21.0. The second-order valence-electron chi connectivity index (χ2n) is 8.06. The van der Waals surface area contributed by atoms with Crippen LogP contribution in [0.5, 0.6) is 0 Å². The number of halogens is 2. The van der Waals surface area contributed by atoms with E-state index in [-0.39, 0.29) is 5.91 Å². The molecule has 0 unspecified atom stereocenters. The van der Waals surface area contributed by atoms with Gasteiger partial charge in [0.2, 0.25) is 5.91 Å². The van der Waals surface area contributed by atoms with Crippen LogP contribution >= 0.6 is 35.0 Å². The first kappa shape index (κ1) is 25.1. The van der Waals surface area contributed by atoms with Gasteiger partial charge in [0, 0.05) is 16.4 Å². The topological polar surface area (TPSA) is 71.8 Å². The normalized spacial score (nSPS) is 11.8. The highest BCUT2D eigenvalue weighted by Gasteiger charge is 2.22.